The molecular weight excluding hydrogens is 309 g/mol. The maximum absolute atomic E-state index is 12.3. The Bertz CT molecular complexity index is 531. The SMILES string of the molecule is CN(CC1CCCC1O)C(=O)Nc1ccc(CC(F)(F)F)cc1. The predicted molar refractivity (Wildman–Crippen MR) is 81.2 cm³/mol. The zero-order valence-electron chi connectivity index (χ0n) is 12.9. The Labute approximate surface area is 133 Å². The van der Waals surface area contributed by atoms with Gasteiger partial charge in [0.05, 0.1) is 12.5 Å². The van der Waals surface area contributed by atoms with Crippen LogP contribution in [0.25, 0.3) is 0 Å². The highest BCUT2D eigenvalue weighted by atomic mass is 19.4. The fraction of sp³-hybridized carbons (Fsp3) is 0.562. The number of alkyl halides is 3. The number of amides is 2. The van der Waals surface area contributed by atoms with Crippen molar-refractivity contribution in [1.29, 1.82) is 0 Å². The van der Waals surface area contributed by atoms with Gasteiger partial charge in [0.1, 0.15) is 0 Å². The fourth-order valence-electron chi connectivity index (χ4n) is 2.82. The number of benzene rings is 1. The first kappa shape index (κ1) is 17.6. The van der Waals surface area contributed by atoms with Crippen LogP contribution in [-0.2, 0) is 6.42 Å². The third-order valence-corrected chi connectivity index (χ3v) is 4.08. The Kier molecular flexibility index (Phi) is 5.51. The van der Waals surface area contributed by atoms with Crippen LogP contribution in [0.3, 0.4) is 0 Å². The molecule has 2 atom stereocenters. The molecule has 2 rings (SSSR count). The summed E-state index contributed by atoms with van der Waals surface area (Å²) in [5, 5.41) is 12.4. The largest absolute Gasteiger partial charge is 0.393 e. The number of carbonyl (C=O) groups is 1. The van der Waals surface area contributed by atoms with Crippen LogP contribution in [0.4, 0.5) is 23.7 Å². The van der Waals surface area contributed by atoms with E-state index in [2.05, 4.69) is 5.32 Å². The van der Waals surface area contributed by atoms with Crippen molar-refractivity contribution in [2.45, 2.75) is 38.0 Å². The van der Waals surface area contributed by atoms with Gasteiger partial charge in [0, 0.05) is 25.2 Å². The highest BCUT2D eigenvalue weighted by molar-refractivity contribution is 5.89. The second kappa shape index (κ2) is 7.21. The molecule has 1 aliphatic carbocycles. The van der Waals surface area contributed by atoms with Gasteiger partial charge in [0.15, 0.2) is 0 Å². The Morgan fingerprint density at radius 3 is 2.48 bits per heavy atom. The molecule has 1 aromatic carbocycles. The van der Waals surface area contributed by atoms with E-state index >= 15 is 0 Å². The summed E-state index contributed by atoms with van der Waals surface area (Å²) in [6.45, 7) is 0.457. The minimum atomic E-state index is -4.24. The summed E-state index contributed by atoms with van der Waals surface area (Å²) < 4.78 is 36.9. The molecule has 2 N–H and O–H groups in total. The van der Waals surface area contributed by atoms with Crippen molar-refractivity contribution < 1.29 is 23.1 Å². The average molecular weight is 330 g/mol. The van der Waals surface area contributed by atoms with Gasteiger partial charge >= 0.3 is 12.2 Å². The van der Waals surface area contributed by atoms with Gasteiger partial charge in [-0.15, -0.1) is 0 Å². The summed E-state index contributed by atoms with van der Waals surface area (Å²) >= 11 is 0. The number of anilines is 1. The molecular formula is C16H21F3N2O2. The van der Waals surface area contributed by atoms with Crippen molar-refractivity contribution in [1.82, 2.24) is 4.90 Å². The van der Waals surface area contributed by atoms with Crippen LogP contribution in [0, 0.1) is 5.92 Å². The summed E-state index contributed by atoms with van der Waals surface area (Å²) in [5.41, 5.74) is 0.595. The summed E-state index contributed by atoms with van der Waals surface area (Å²) in [6.07, 6.45) is -2.98. The second-order valence-corrected chi connectivity index (χ2v) is 6.06. The van der Waals surface area contributed by atoms with Crippen LogP contribution >= 0.6 is 0 Å². The standard InChI is InChI=1S/C16H21F3N2O2/c1-21(10-12-3-2-4-14(12)22)15(23)20-13-7-5-11(6-8-13)9-16(17,18)19/h5-8,12,14,22H,2-4,9-10H2,1H3,(H,20,23). The van der Waals surface area contributed by atoms with E-state index in [0.717, 1.165) is 19.3 Å². The van der Waals surface area contributed by atoms with Crippen LogP contribution < -0.4 is 5.32 Å². The Morgan fingerprint density at radius 1 is 1.30 bits per heavy atom. The lowest BCUT2D eigenvalue weighted by molar-refractivity contribution is -0.127. The first-order valence-electron chi connectivity index (χ1n) is 7.60. The van der Waals surface area contributed by atoms with E-state index in [-0.39, 0.29) is 23.6 Å². The van der Waals surface area contributed by atoms with Crippen molar-refractivity contribution in [3.8, 4) is 0 Å². The number of rotatable bonds is 4. The molecule has 0 heterocycles. The van der Waals surface area contributed by atoms with Gasteiger partial charge in [-0.2, -0.15) is 13.2 Å². The number of aliphatic hydroxyl groups excluding tert-OH is 1. The monoisotopic (exact) mass is 330 g/mol. The van der Waals surface area contributed by atoms with Gasteiger partial charge in [-0.3, -0.25) is 0 Å². The first-order valence-corrected chi connectivity index (χ1v) is 7.60. The van der Waals surface area contributed by atoms with Crippen LogP contribution in [0.15, 0.2) is 24.3 Å². The van der Waals surface area contributed by atoms with Crippen molar-refractivity contribution in [3.63, 3.8) is 0 Å². The normalized spacial score (nSPS) is 21.3. The van der Waals surface area contributed by atoms with Crippen LogP contribution in [-0.4, -0.2) is 41.9 Å². The van der Waals surface area contributed by atoms with Crippen LogP contribution in [0.1, 0.15) is 24.8 Å². The van der Waals surface area contributed by atoms with Gasteiger partial charge in [-0.1, -0.05) is 18.6 Å². The molecule has 0 saturated heterocycles. The number of hydrogen-bond donors (Lipinski definition) is 2. The summed E-state index contributed by atoms with van der Waals surface area (Å²) in [6, 6.07) is 5.27. The van der Waals surface area contributed by atoms with E-state index in [9.17, 15) is 23.1 Å². The molecule has 4 nitrogen and oxygen atoms in total. The molecule has 0 aromatic heterocycles. The average Bonchev–Trinajstić information content (AvgIpc) is 2.85. The van der Waals surface area contributed by atoms with E-state index < -0.39 is 12.6 Å². The van der Waals surface area contributed by atoms with Crippen molar-refractivity contribution in [3.05, 3.63) is 29.8 Å². The van der Waals surface area contributed by atoms with Gasteiger partial charge in [-0.25, -0.2) is 4.79 Å². The summed E-state index contributed by atoms with van der Waals surface area (Å²) in [4.78, 5) is 13.6. The molecule has 1 aliphatic rings. The minimum Gasteiger partial charge on any atom is -0.393 e. The fourth-order valence-corrected chi connectivity index (χ4v) is 2.82. The van der Waals surface area contributed by atoms with Crippen LogP contribution in [0.2, 0.25) is 0 Å². The molecule has 2 unspecified atom stereocenters. The van der Waals surface area contributed by atoms with E-state index in [0.29, 0.717) is 12.2 Å². The topological polar surface area (TPSA) is 52.6 Å². The molecule has 2 amide bonds. The second-order valence-electron chi connectivity index (χ2n) is 6.06. The molecule has 0 bridgehead atoms. The maximum Gasteiger partial charge on any atom is 0.393 e. The van der Waals surface area contributed by atoms with Gasteiger partial charge < -0.3 is 15.3 Å². The first-order chi connectivity index (χ1) is 10.7. The minimum absolute atomic E-state index is 0.0833. The number of carbonyl (C=O) groups excluding carboxylic acids is 1. The van der Waals surface area contributed by atoms with Crippen molar-refractivity contribution >= 4 is 11.7 Å². The number of halogens is 3. The molecule has 1 fully saturated rings. The Morgan fingerprint density at radius 2 is 1.96 bits per heavy atom. The molecule has 1 aromatic rings. The lowest BCUT2D eigenvalue weighted by atomic mass is 10.1. The van der Waals surface area contributed by atoms with Crippen molar-refractivity contribution in [2.24, 2.45) is 5.92 Å². The van der Waals surface area contributed by atoms with Crippen molar-refractivity contribution in [2.75, 3.05) is 18.9 Å². The highest BCUT2D eigenvalue weighted by Crippen LogP contribution is 2.26. The quantitative estimate of drug-likeness (QED) is 0.889. The highest BCUT2D eigenvalue weighted by Gasteiger charge is 2.28. The van der Waals surface area contributed by atoms with Crippen LogP contribution in [0.5, 0.6) is 0 Å². The molecule has 128 valence electrons. The number of hydrogen-bond acceptors (Lipinski definition) is 2. The maximum atomic E-state index is 12.3. The molecule has 0 spiro atoms. The lowest BCUT2D eigenvalue weighted by Gasteiger charge is -2.23. The van der Waals surface area contributed by atoms with Gasteiger partial charge in [-0.05, 0) is 30.5 Å². The third-order valence-electron chi connectivity index (χ3n) is 4.08. The smallest absolute Gasteiger partial charge is 0.393 e. The predicted octanol–water partition coefficient (Wildman–Crippen LogP) is 3.42. The van der Waals surface area contributed by atoms with Gasteiger partial charge in [0.2, 0.25) is 0 Å². The Balaban J connectivity index is 1.87. The number of nitrogens with zero attached hydrogens (tertiary/aromatic N) is 1. The summed E-state index contributed by atoms with van der Waals surface area (Å²) in [7, 11) is 1.64. The molecule has 7 heteroatoms. The zero-order chi connectivity index (χ0) is 17.0. The zero-order valence-corrected chi connectivity index (χ0v) is 12.9. The van der Waals surface area contributed by atoms with E-state index in [1.807, 2.05) is 0 Å². The van der Waals surface area contributed by atoms with E-state index in [1.165, 1.54) is 29.2 Å². The third kappa shape index (κ3) is 5.42. The lowest BCUT2D eigenvalue weighted by Crippen LogP contribution is -2.37. The Hall–Kier alpha value is -1.76. The number of aliphatic hydroxyl groups is 1. The molecule has 1 saturated carbocycles. The molecule has 0 aliphatic heterocycles. The molecule has 0 radical (unpaired) electrons. The van der Waals surface area contributed by atoms with E-state index in [1.54, 1.807) is 7.05 Å². The number of nitrogens with one attached hydrogen (secondary N) is 1. The molecule has 23 heavy (non-hydrogen) atoms. The number of urea groups is 1. The summed E-state index contributed by atoms with van der Waals surface area (Å²) in [5.74, 6) is 0.0833. The van der Waals surface area contributed by atoms with E-state index in [4.69, 9.17) is 0 Å². The van der Waals surface area contributed by atoms with Gasteiger partial charge in [0.25, 0.3) is 0 Å².